The van der Waals surface area contributed by atoms with Crippen molar-refractivity contribution >= 4 is 22.7 Å². The lowest BCUT2D eigenvalue weighted by Crippen LogP contribution is -2.62. The van der Waals surface area contributed by atoms with Crippen LogP contribution < -0.4 is 4.74 Å². The molecule has 1 saturated heterocycles. The molecule has 1 fully saturated rings. The lowest BCUT2D eigenvalue weighted by atomic mass is 9.90. The summed E-state index contributed by atoms with van der Waals surface area (Å²) in [6.45, 7) is 8.63. The molecule has 1 spiro atoms. The normalized spacial score (nSPS) is 21.3. The number of fused-ring (bicyclic) bond motifs is 2. The van der Waals surface area contributed by atoms with Crippen LogP contribution in [0.15, 0.2) is 42.5 Å². The van der Waals surface area contributed by atoms with E-state index in [1.165, 1.54) is 5.56 Å². The van der Waals surface area contributed by atoms with Gasteiger partial charge in [0.2, 0.25) is 0 Å². The van der Waals surface area contributed by atoms with E-state index in [4.69, 9.17) is 9.47 Å². The third-order valence-corrected chi connectivity index (χ3v) is 7.96. The van der Waals surface area contributed by atoms with E-state index in [-0.39, 0.29) is 18.4 Å². The van der Waals surface area contributed by atoms with E-state index in [1.807, 2.05) is 60.0 Å². The Kier molecular flexibility index (Phi) is 7.24. The van der Waals surface area contributed by atoms with E-state index in [1.54, 1.807) is 0 Å². The van der Waals surface area contributed by atoms with E-state index in [0.717, 1.165) is 47.2 Å². The molecule has 7 nitrogen and oxygen atoms in total. The fraction of sp³-hybridized carbons (Fsp3) is 0.467. The van der Waals surface area contributed by atoms with Gasteiger partial charge < -0.3 is 24.3 Å². The van der Waals surface area contributed by atoms with Crippen LogP contribution in [0, 0.1) is 13.8 Å². The number of para-hydroxylation sites is 1. The van der Waals surface area contributed by atoms with Crippen LogP contribution in [0.3, 0.4) is 0 Å². The fourth-order valence-corrected chi connectivity index (χ4v) is 5.66. The first kappa shape index (κ1) is 25.3. The van der Waals surface area contributed by atoms with Gasteiger partial charge in [-0.1, -0.05) is 18.2 Å². The first-order valence-electron chi connectivity index (χ1n) is 13.4. The summed E-state index contributed by atoms with van der Waals surface area (Å²) in [6.07, 6.45) is 3.22. The second-order valence-electron chi connectivity index (χ2n) is 10.3. The van der Waals surface area contributed by atoms with Gasteiger partial charge in [-0.25, -0.2) is 0 Å². The molecule has 3 aromatic rings. The van der Waals surface area contributed by atoms with Crippen molar-refractivity contribution in [1.82, 2.24) is 14.8 Å². The predicted octanol–water partition coefficient (Wildman–Crippen LogP) is 4.65. The average molecular weight is 504 g/mol. The van der Waals surface area contributed by atoms with Gasteiger partial charge >= 0.3 is 0 Å². The van der Waals surface area contributed by atoms with Crippen molar-refractivity contribution < 1.29 is 19.1 Å². The zero-order valence-corrected chi connectivity index (χ0v) is 22.1. The standard InChI is InChI=1S/C30H37N3O4/c1-4-32-15-17-36-27-11-6-5-9-23(27)10-7-8-14-30(29(32)35)20-33(16-18-37-30)28(34)24-12-13-26-25(19-24)21(2)22(3)31-26/h5-6,9,11-13,19,31H,4,7-8,10,14-18,20H2,1-3H3. The Morgan fingerprint density at radius 1 is 1.08 bits per heavy atom. The summed E-state index contributed by atoms with van der Waals surface area (Å²) in [4.78, 5) is 34.6. The molecule has 0 saturated carbocycles. The summed E-state index contributed by atoms with van der Waals surface area (Å²) >= 11 is 0. The number of H-pyrrole nitrogens is 1. The molecule has 2 aliphatic heterocycles. The summed E-state index contributed by atoms with van der Waals surface area (Å²) in [5.41, 5.74) is 4.09. The van der Waals surface area contributed by atoms with Crippen molar-refractivity contribution in [2.45, 2.75) is 52.1 Å². The molecule has 0 bridgehead atoms. The first-order chi connectivity index (χ1) is 17.9. The third kappa shape index (κ3) is 4.97. The lowest BCUT2D eigenvalue weighted by molar-refractivity contribution is -0.170. The summed E-state index contributed by atoms with van der Waals surface area (Å²) in [6, 6.07) is 14.0. The van der Waals surface area contributed by atoms with Crippen molar-refractivity contribution in [2.75, 3.05) is 39.4 Å². The molecule has 0 radical (unpaired) electrons. The van der Waals surface area contributed by atoms with Crippen molar-refractivity contribution in [3.63, 3.8) is 0 Å². The van der Waals surface area contributed by atoms with Crippen LogP contribution in [0.4, 0.5) is 0 Å². The maximum absolute atomic E-state index is 13.9. The Hall–Kier alpha value is -3.32. The molecule has 196 valence electrons. The Balaban J connectivity index is 1.39. The van der Waals surface area contributed by atoms with Crippen LogP contribution >= 0.6 is 0 Å². The number of hydrogen-bond donors (Lipinski definition) is 1. The molecule has 2 aromatic carbocycles. The molecule has 7 heteroatoms. The van der Waals surface area contributed by atoms with Crippen molar-refractivity contribution in [1.29, 1.82) is 0 Å². The Morgan fingerprint density at radius 3 is 2.76 bits per heavy atom. The number of hydrogen-bond acceptors (Lipinski definition) is 4. The highest BCUT2D eigenvalue weighted by molar-refractivity contribution is 5.99. The predicted molar refractivity (Wildman–Crippen MR) is 144 cm³/mol. The average Bonchev–Trinajstić information content (AvgIpc) is 3.21. The molecule has 3 heterocycles. The Labute approximate surface area is 218 Å². The van der Waals surface area contributed by atoms with Gasteiger partial charge in [-0.15, -0.1) is 0 Å². The maximum Gasteiger partial charge on any atom is 0.256 e. The van der Waals surface area contributed by atoms with Crippen LogP contribution in [0.1, 0.15) is 53.4 Å². The second-order valence-corrected chi connectivity index (χ2v) is 10.3. The molecular weight excluding hydrogens is 466 g/mol. The van der Waals surface area contributed by atoms with Crippen LogP contribution in [-0.2, 0) is 16.0 Å². The monoisotopic (exact) mass is 503 g/mol. The van der Waals surface area contributed by atoms with Crippen molar-refractivity contribution in [2.24, 2.45) is 0 Å². The van der Waals surface area contributed by atoms with Crippen molar-refractivity contribution in [3.05, 3.63) is 64.8 Å². The molecule has 1 aromatic heterocycles. The number of nitrogens with one attached hydrogen (secondary N) is 1. The van der Waals surface area contributed by atoms with Crippen LogP contribution in [-0.4, -0.2) is 71.6 Å². The zero-order valence-electron chi connectivity index (χ0n) is 22.1. The van der Waals surface area contributed by atoms with Crippen LogP contribution in [0.25, 0.3) is 10.9 Å². The second kappa shape index (κ2) is 10.6. The topological polar surface area (TPSA) is 74.9 Å². The number of carbonyl (C=O) groups is 2. The smallest absolute Gasteiger partial charge is 0.256 e. The van der Waals surface area contributed by atoms with Gasteiger partial charge in [-0.2, -0.15) is 0 Å². The van der Waals surface area contributed by atoms with Gasteiger partial charge in [-0.3, -0.25) is 9.59 Å². The van der Waals surface area contributed by atoms with Crippen LogP contribution in [0.2, 0.25) is 0 Å². The number of ether oxygens (including phenoxy) is 2. The largest absolute Gasteiger partial charge is 0.491 e. The fourth-order valence-electron chi connectivity index (χ4n) is 5.66. The van der Waals surface area contributed by atoms with Crippen LogP contribution in [0.5, 0.6) is 5.75 Å². The molecule has 5 rings (SSSR count). The lowest BCUT2D eigenvalue weighted by Gasteiger charge is -2.44. The van der Waals surface area contributed by atoms with Crippen molar-refractivity contribution in [3.8, 4) is 5.75 Å². The molecular formula is C30H37N3O4. The minimum atomic E-state index is -1.03. The Morgan fingerprint density at radius 2 is 1.92 bits per heavy atom. The van der Waals surface area contributed by atoms with E-state index in [0.29, 0.717) is 44.8 Å². The zero-order chi connectivity index (χ0) is 26.0. The number of rotatable bonds is 2. The number of morpholine rings is 1. The molecule has 2 amide bonds. The van der Waals surface area contributed by atoms with Gasteiger partial charge in [0.25, 0.3) is 11.8 Å². The molecule has 37 heavy (non-hydrogen) atoms. The number of aryl methyl sites for hydroxylation is 3. The van der Waals surface area contributed by atoms with E-state index >= 15 is 0 Å². The van der Waals surface area contributed by atoms with Gasteiger partial charge in [0, 0.05) is 35.2 Å². The number of aromatic amines is 1. The number of benzene rings is 2. The third-order valence-electron chi connectivity index (χ3n) is 7.96. The van der Waals surface area contributed by atoms with Gasteiger partial charge in [-0.05, 0) is 81.8 Å². The Bertz CT molecular complexity index is 1300. The highest BCUT2D eigenvalue weighted by Gasteiger charge is 2.46. The molecule has 1 N–H and O–H groups in total. The summed E-state index contributed by atoms with van der Waals surface area (Å²) in [5.74, 6) is 0.802. The highest BCUT2D eigenvalue weighted by atomic mass is 16.5. The number of carbonyl (C=O) groups excluding carboxylic acids is 2. The minimum Gasteiger partial charge on any atom is -0.491 e. The SMILES string of the molecule is CCN1CCOc2ccccc2CCCCC2(CN(C(=O)c3ccc4[nH]c(C)c(C)c4c3)CCO2)C1=O. The van der Waals surface area contributed by atoms with E-state index < -0.39 is 5.60 Å². The molecule has 2 aliphatic rings. The van der Waals surface area contributed by atoms with E-state index in [2.05, 4.69) is 18.0 Å². The summed E-state index contributed by atoms with van der Waals surface area (Å²) in [5, 5.41) is 1.06. The van der Waals surface area contributed by atoms with Gasteiger partial charge in [0.1, 0.15) is 12.4 Å². The van der Waals surface area contributed by atoms with Gasteiger partial charge in [0.05, 0.1) is 19.7 Å². The van der Waals surface area contributed by atoms with E-state index in [9.17, 15) is 9.59 Å². The summed E-state index contributed by atoms with van der Waals surface area (Å²) in [7, 11) is 0. The number of aromatic nitrogens is 1. The molecule has 1 unspecified atom stereocenters. The highest BCUT2D eigenvalue weighted by Crippen LogP contribution is 2.31. The first-order valence-corrected chi connectivity index (χ1v) is 13.4. The number of nitrogens with zero attached hydrogens (tertiary/aromatic N) is 2. The summed E-state index contributed by atoms with van der Waals surface area (Å²) < 4.78 is 12.4. The molecule has 0 aliphatic carbocycles. The minimum absolute atomic E-state index is 0.0440. The quantitative estimate of drug-likeness (QED) is 0.553. The number of amides is 2. The van der Waals surface area contributed by atoms with Gasteiger partial charge in [0.15, 0.2) is 5.60 Å². The molecule has 1 atom stereocenters. The maximum atomic E-state index is 13.9. The number of likely N-dealkylation sites (N-methyl/N-ethyl adjacent to an activating group) is 1.